The number of aromatic nitrogens is 1. The molecule has 0 fully saturated rings. The van der Waals surface area contributed by atoms with E-state index < -0.39 is 0 Å². The van der Waals surface area contributed by atoms with Gasteiger partial charge in [0, 0.05) is 22.1 Å². The first-order valence-corrected chi connectivity index (χ1v) is 8.52. The fraction of sp³-hybridized carbons (Fsp3) is 0.111. The van der Waals surface area contributed by atoms with Crippen LogP contribution in [-0.2, 0) is 0 Å². The molecule has 1 heterocycles. The molecule has 0 saturated carbocycles. The molecule has 0 saturated heterocycles. The summed E-state index contributed by atoms with van der Waals surface area (Å²) in [5, 5.41) is 21.5. The highest BCUT2D eigenvalue weighted by molar-refractivity contribution is 7.99. The molecule has 0 aliphatic rings. The summed E-state index contributed by atoms with van der Waals surface area (Å²) < 4.78 is 11.8. The maximum atomic E-state index is 10.6. The minimum atomic E-state index is -0.0996. The number of ether oxygens (including phenoxy) is 2. The van der Waals surface area contributed by atoms with Crippen molar-refractivity contribution in [3.05, 3.63) is 53.6 Å². The van der Waals surface area contributed by atoms with Crippen molar-refractivity contribution in [1.29, 1.82) is 0 Å². The van der Waals surface area contributed by atoms with Gasteiger partial charge in [-0.05, 0) is 36.4 Å². The van der Waals surface area contributed by atoms with Gasteiger partial charge in [-0.25, -0.2) is 4.57 Å². The summed E-state index contributed by atoms with van der Waals surface area (Å²) in [6, 6.07) is 13.8. The zero-order valence-electron chi connectivity index (χ0n) is 13.6. The molecule has 7 heteroatoms. The summed E-state index contributed by atoms with van der Waals surface area (Å²) >= 11 is 7.21. The molecule has 0 amide bonds. The average molecular weight is 378 g/mol. The first kappa shape index (κ1) is 17.4. The summed E-state index contributed by atoms with van der Waals surface area (Å²) in [5.41, 5.74) is 0.501. The van der Waals surface area contributed by atoms with Gasteiger partial charge in [0.15, 0.2) is 5.88 Å². The van der Waals surface area contributed by atoms with Gasteiger partial charge in [0.2, 0.25) is 5.88 Å². The molecule has 5 nitrogen and oxygen atoms in total. The fourth-order valence-electron chi connectivity index (χ4n) is 2.38. The summed E-state index contributed by atoms with van der Waals surface area (Å²) in [6.07, 6.45) is 0. The SMILES string of the molecule is COc1ccc(-n2c(O)cc(Sc3ccc(Cl)cc3)c2O)c(OC)c1. The third-order valence-corrected chi connectivity index (χ3v) is 4.87. The maximum Gasteiger partial charge on any atom is 0.213 e. The molecule has 0 bridgehead atoms. The lowest BCUT2D eigenvalue weighted by molar-refractivity contribution is 0.378. The quantitative estimate of drug-likeness (QED) is 0.674. The van der Waals surface area contributed by atoms with E-state index in [0.717, 1.165) is 4.90 Å². The van der Waals surface area contributed by atoms with E-state index in [1.54, 1.807) is 37.4 Å². The van der Waals surface area contributed by atoms with Gasteiger partial charge in [0.1, 0.15) is 11.5 Å². The molecule has 2 aromatic carbocycles. The second kappa shape index (κ2) is 7.21. The summed E-state index contributed by atoms with van der Waals surface area (Å²) in [5.74, 6) is 0.893. The van der Waals surface area contributed by atoms with E-state index in [1.165, 1.54) is 29.5 Å². The Kier molecular flexibility index (Phi) is 5.01. The largest absolute Gasteiger partial charge is 0.497 e. The Morgan fingerprint density at radius 1 is 0.960 bits per heavy atom. The van der Waals surface area contributed by atoms with Gasteiger partial charge < -0.3 is 19.7 Å². The van der Waals surface area contributed by atoms with Crippen LogP contribution in [0.3, 0.4) is 0 Å². The van der Waals surface area contributed by atoms with Crippen molar-refractivity contribution in [3.63, 3.8) is 0 Å². The fourth-order valence-corrected chi connectivity index (χ4v) is 3.38. The lowest BCUT2D eigenvalue weighted by Gasteiger charge is -2.13. The highest BCUT2D eigenvalue weighted by Gasteiger charge is 2.19. The minimum Gasteiger partial charge on any atom is -0.497 e. The number of benzene rings is 2. The van der Waals surface area contributed by atoms with Crippen LogP contribution in [-0.4, -0.2) is 29.0 Å². The van der Waals surface area contributed by atoms with Crippen molar-refractivity contribution in [2.24, 2.45) is 0 Å². The van der Waals surface area contributed by atoms with Gasteiger partial charge in [-0.1, -0.05) is 23.4 Å². The van der Waals surface area contributed by atoms with Crippen molar-refractivity contribution >= 4 is 23.4 Å². The molecule has 0 radical (unpaired) electrons. The Morgan fingerprint density at radius 3 is 2.32 bits per heavy atom. The molecular weight excluding hydrogens is 362 g/mol. The Bertz CT molecular complexity index is 893. The van der Waals surface area contributed by atoms with Gasteiger partial charge in [-0.3, -0.25) is 0 Å². The van der Waals surface area contributed by atoms with E-state index >= 15 is 0 Å². The molecule has 0 unspecified atom stereocenters. The predicted molar refractivity (Wildman–Crippen MR) is 97.8 cm³/mol. The molecule has 2 N–H and O–H groups in total. The molecule has 130 valence electrons. The summed E-state index contributed by atoms with van der Waals surface area (Å²) in [6.45, 7) is 0. The molecule has 3 aromatic rings. The Morgan fingerprint density at radius 2 is 1.68 bits per heavy atom. The van der Waals surface area contributed by atoms with E-state index in [1.807, 2.05) is 12.1 Å². The lowest BCUT2D eigenvalue weighted by atomic mass is 10.2. The number of rotatable bonds is 5. The first-order valence-electron chi connectivity index (χ1n) is 7.33. The second-order valence-corrected chi connectivity index (χ2v) is 6.67. The lowest BCUT2D eigenvalue weighted by Crippen LogP contribution is -1.98. The van der Waals surface area contributed by atoms with Crippen molar-refractivity contribution in [3.8, 4) is 28.9 Å². The highest BCUT2D eigenvalue weighted by Crippen LogP contribution is 2.43. The first-order chi connectivity index (χ1) is 12.0. The molecule has 25 heavy (non-hydrogen) atoms. The summed E-state index contributed by atoms with van der Waals surface area (Å²) in [7, 11) is 3.07. The van der Waals surface area contributed by atoms with Gasteiger partial charge in [0.25, 0.3) is 0 Å². The Balaban J connectivity index is 2.01. The number of hydrogen-bond acceptors (Lipinski definition) is 5. The van der Waals surface area contributed by atoms with Gasteiger partial charge >= 0.3 is 0 Å². The van der Waals surface area contributed by atoms with Crippen molar-refractivity contribution in [2.75, 3.05) is 14.2 Å². The molecule has 0 aliphatic heterocycles. The van der Waals surface area contributed by atoms with Crippen LogP contribution in [0.5, 0.6) is 23.3 Å². The number of nitrogens with zero attached hydrogens (tertiary/aromatic N) is 1. The van der Waals surface area contributed by atoms with Crippen molar-refractivity contribution < 1.29 is 19.7 Å². The Labute approximate surface area is 154 Å². The molecule has 3 rings (SSSR count). The smallest absolute Gasteiger partial charge is 0.213 e. The van der Waals surface area contributed by atoms with Crippen LogP contribution in [0.15, 0.2) is 58.3 Å². The number of halogens is 1. The topological polar surface area (TPSA) is 63.9 Å². The van der Waals surface area contributed by atoms with Gasteiger partial charge in [-0.15, -0.1) is 0 Å². The number of hydrogen-bond donors (Lipinski definition) is 2. The predicted octanol–water partition coefficient (Wildman–Crippen LogP) is 4.71. The minimum absolute atomic E-state index is 0.0825. The molecule has 0 aliphatic carbocycles. The van der Waals surface area contributed by atoms with Crippen LogP contribution in [0, 0.1) is 0 Å². The zero-order chi connectivity index (χ0) is 18.0. The molecule has 1 aromatic heterocycles. The average Bonchev–Trinajstić information content (AvgIpc) is 2.90. The van der Waals surface area contributed by atoms with Crippen LogP contribution in [0.4, 0.5) is 0 Å². The maximum absolute atomic E-state index is 10.6. The van der Waals surface area contributed by atoms with Crippen LogP contribution >= 0.6 is 23.4 Å². The van der Waals surface area contributed by atoms with Gasteiger partial charge in [0.05, 0.1) is 24.8 Å². The number of aromatic hydroxyl groups is 2. The van der Waals surface area contributed by atoms with E-state index in [2.05, 4.69) is 0 Å². The van der Waals surface area contributed by atoms with E-state index in [0.29, 0.717) is 27.1 Å². The molecular formula is C18H16ClNO4S. The highest BCUT2D eigenvalue weighted by atomic mass is 35.5. The van der Waals surface area contributed by atoms with Crippen LogP contribution in [0.2, 0.25) is 5.02 Å². The third kappa shape index (κ3) is 3.50. The van der Waals surface area contributed by atoms with Crippen molar-refractivity contribution in [2.45, 2.75) is 9.79 Å². The van der Waals surface area contributed by atoms with Crippen molar-refractivity contribution in [1.82, 2.24) is 4.57 Å². The number of methoxy groups -OCH3 is 2. The Hall–Kier alpha value is -2.44. The van der Waals surface area contributed by atoms with E-state index in [9.17, 15) is 10.2 Å². The second-order valence-electron chi connectivity index (χ2n) is 5.12. The van der Waals surface area contributed by atoms with Gasteiger partial charge in [-0.2, -0.15) is 0 Å². The molecule has 0 atom stereocenters. The van der Waals surface area contributed by atoms with E-state index in [-0.39, 0.29) is 11.8 Å². The van der Waals surface area contributed by atoms with Crippen LogP contribution < -0.4 is 9.47 Å². The van der Waals surface area contributed by atoms with Crippen LogP contribution in [0.1, 0.15) is 0 Å². The monoisotopic (exact) mass is 377 g/mol. The standard InChI is InChI=1S/C18H16ClNO4S/c1-23-12-5-8-14(15(9-12)24-2)20-17(21)10-16(18(20)22)25-13-6-3-11(19)4-7-13/h3-10,21-22H,1-2H3. The molecule has 0 spiro atoms. The van der Waals surface area contributed by atoms with Crippen LogP contribution in [0.25, 0.3) is 5.69 Å². The van der Waals surface area contributed by atoms with E-state index in [4.69, 9.17) is 21.1 Å². The zero-order valence-corrected chi connectivity index (χ0v) is 15.1. The summed E-state index contributed by atoms with van der Waals surface area (Å²) in [4.78, 5) is 1.40. The normalized spacial score (nSPS) is 10.7. The third-order valence-electron chi connectivity index (χ3n) is 3.59.